The summed E-state index contributed by atoms with van der Waals surface area (Å²) in [7, 11) is 1.73. The molecule has 0 bridgehead atoms. The Bertz CT molecular complexity index is 609. The molecule has 2 aromatic rings. The third kappa shape index (κ3) is 6.88. The van der Waals surface area contributed by atoms with Crippen molar-refractivity contribution in [3.63, 3.8) is 0 Å². The minimum absolute atomic E-state index is 0. The van der Waals surface area contributed by atoms with E-state index in [9.17, 15) is 0 Å². The van der Waals surface area contributed by atoms with Gasteiger partial charge in [-0.1, -0.05) is 30.3 Å². The Morgan fingerprint density at radius 1 is 1.21 bits per heavy atom. The van der Waals surface area contributed by atoms with Gasteiger partial charge in [-0.3, -0.25) is 4.99 Å². The third-order valence-corrected chi connectivity index (χ3v) is 3.35. The quantitative estimate of drug-likeness (QED) is 0.298. The summed E-state index contributed by atoms with van der Waals surface area (Å²) in [4.78, 5) is 8.48. The van der Waals surface area contributed by atoms with Crippen molar-refractivity contribution in [2.45, 2.75) is 27.0 Å². The van der Waals surface area contributed by atoms with Crippen molar-refractivity contribution in [2.24, 2.45) is 4.99 Å². The summed E-state index contributed by atoms with van der Waals surface area (Å²) >= 11 is 0. The number of oxazole rings is 1. The van der Waals surface area contributed by atoms with Crippen molar-refractivity contribution in [1.29, 1.82) is 0 Å². The first kappa shape index (κ1) is 20.4. The zero-order valence-electron chi connectivity index (χ0n) is 14.3. The lowest BCUT2D eigenvalue weighted by Gasteiger charge is -2.11. The Kier molecular flexibility index (Phi) is 9.39. The maximum absolute atomic E-state index is 5.62. The lowest BCUT2D eigenvalue weighted by atomic mass is 10.2. The topological polar surface area (TPSA) is 71.7 Å². The van der Waals surface area contributed by atoms with Crippen LogP contribution in [0.4, 0.5) is 0 Å². The van der Waals surface area contributed by atoms with Crippen molar-refractivity contribution >= 4 is 29.9 Å². The molecule has 0 unspecified atom stereocenters. The Balaban J connectivity index is 0.00000288. The molecule has 0 saturated heterocycles. The van der Waals surface area contributed by atoms with Gasteiger partial charge in [-0.05, 0) is 19.4 Å². The lowest BCUT2D eigenvalue weighted by Crippen LogP contribution is -2.38. The van der Waals surface area contributed by atoms with E-state index in [-0.39, 0.29) is 24.0 Å². The van der Waals surface area contributed by atoms with Gasteiger partial charge in [0.2, 0.25) is 5.89 Å². The number of aryl methyl sites for hydroxylation is 2. The molecule has 2 N–H and O–H groups in total. The Morgan fingerprint density at radius 2 is 1.96 bits per heavy atom. The maximum atomic E-state index is 5.62. The van der Waals surface area contributed by atoms with Crippen molar-refractivity contribution < 1.29 is 9.15 Å². The van der Waals surface area contributed by atoms with Gasteiger partial charge < -0.3 is 19.8 Å². The lowest BCUT2D eigenvalue weighted by molar-refractivity contribution is 0.125. The molecule has 1 heterocycles. The van der Waals surface area contributed by atoms with Crippen molar-refractivity contribution in [1.82, 2.24) is 15.6 Å². The first-order valence-electron chi connectivity index (χ1n) is 7.68. The molecule has 1 aromatic heterocycles. The molecular weight excluding hydrogens is 419 g/mol. The summed E-state index contributed by atoms with van der Waals surface area (Å²) in [6, 6.07) is 10.1. The summed E-state index contributed by atoms with van der Waals surface area (Å²) < 4.78 is 11.1. The molecule has 0 saturated carbocycles. The molecular formula is C17H25IN4O2. The number of nitrogens with zero attached hydrogens (tertiary/aromatic N) is 2. The smallest absolute Gasteiger partial charge is 0.214 e. The predicted molar refractivity (Wildman–Crippen MR) is 106 cm³/mol. The number of halogens is 1. The van der Waals surface area contributed by atoms with Crippen LogP contribution in [-0.2, 0) is 17.9 Å². The van der Waals surface area contributed by atoms with E-state index in [2.05, 4.69) is 20.6 Å². The molecule has 6 nitrogen and oxygen atoms in total. The summed E-state index contributed by atoms with van der Waals surface area (Å²) in [5.74, 6) is 2.20. The van der Waals surface area contributed by atoms with Crippen LogP contribution in [0.3, 0.4) is 0 Å². The first-order chi connectivity index (χ1) is 11.2. The van der Waals surface area contributed by atoms with E-state index in [4.69, 9.17) is 9.15 Å². The number of hydrogen-bond donors (Lipinski definition) is 2. The zero-order chi connectivity index (χ0) is 16.5. The third-order valence-electron chi connectivity index (χ3n) is 3.35. The van der Waals surface area contributed by atoms with E-state index in [0.29, 0.717) is 38.2 Å². The van der Waals surface area contributed by atoms with Gasteiger partial charge in [0.1, 0.15) is 5.76 Å². The average Bonchev–Trinajstić information content (AvgIpc) is 2.89. The molecule has 0 amide bonds. The van der Waals surface area contributed by atoms with Gasteiger partial charge in [0.15, 0.2) is 5.96 Å². The second-order valence-corrected chi connectivity index (χ2v) is 5.14. The highest BCUT2D eigenvalue weighted by molar-refractivity contribution is 14.0. The number of aliphatic imine (C=N–C) groups is 1. The number of rotatable bonds is 7. The Hall–Kier alpha value is -1.61. The Morgan fingerprint density at radius 3 is 2.58 bits per heavy atom. The largest absolute Gasteiger partial charge is 0.444 e. The van der Waals surface area contributed by atoms with Gasteiger partial charge in [0.05, 0.1) is 25.5 Å². The first-order valence-corrected chi connectivity index (χ1v) is 7.68. The normalized spacial score (nSPS) is 11.0. The Labute approximate surface area is 160 Å². The van der Waals surface area contributed by atoms with Gasteiger partial charge in [-0.15, -0.1) is 24.0 Å². The maximum Gasteiger partial charge on any atom is 0.214 e. The van der Waals surface area contributed by atoms with Crippen LogP contribution in [0.2, 0.25) is 0 Å². The van der Waals surface area contributed by atoms with Gasteiger partial charge >= 0.3 is 0 Å². The number of ether oxygens (including phenoxy) is 1. The monoisotopic (exact) mass is 444 g/mol. The van der Waals surface area contributed by atoms with Gasteiger partial charge in [0, 0.05) is 13.6 Å². The average molecular weight is 444 g/mol. The van der Waals surface area contributed by atoms with E-state index in [1.807, 2.05) is 44.2 Å². The van der Waals surface area contributed by atoms with E-state index in [0.717, 1.165) is 11.5 Å². The van der Waals surface area contributed by atoms with E-state index in [1.165, 1.54) is 5.56 Å². The van der Waals surface area contributed by atoms with E-state index in [1.54, 1.807) is 7.05 Å². The standard InChI is InChI=1S/C17H24N4O2.HI/c1-13-14(2)23-16(21-13)11-20-17(18-3)19-9-10-22-12-15-7-5-4-6-8-15;/h4-8H,9-12H2,1-3H3,(H2,18,19,20);1H. The van der Waals surface area contributed by atoms with Crippen LogP contribution >= 0.6 is 24.0 Å². The van der Waals surface area contributed by atoms with Crippen LogP contribution in [0.5, 0.6) is 0 Å². The van der Waals surface area contributed by atoms with E-state index >= 15 is 0 Å². The number of aromatic nitrogens is 1. The summed E-state index contributed by atoms with van der Waals surface area (Å²) in [6.07, 6.45) is 0. The fraction of sp³-hybridized carbons (Fsp3) is 0.412. The molecule has 24 heavy (non-hydrogen) atoms. The second-order valence-electron chi connectivity index (χ2n) is 5.14. The van der Waals surface area contributed by atoms with Crippen molar-refractivity contribution in [2.75, 3.05) is 20.2 Å². The highest BCUT2D eigenvalue weighted by Gasteiger charge is 2.06. The summed E-state index contributed by atoms with van der Waals surface area (Å²) in [5, 5.41) is 6.35. The SMILES string of the molecule is CN=C(NCCOCc1ccccc1)NCc1nc(C)c(C)o1.I. The minimum Gasteiger partial charge on any atom is -0.444 e. The van der Waals surface area contributed by atoms with Crippen LogP contribution in [0.25, 0.3) is 0 Å². The van der Waals surface area contributed by atoms with Gasteiger partial charge in [0.25, 0.3) is 0 Å². The number of nitrogens with one attached hydrogen (secondary N) is 2. The molecule has 0 radical (unpaired) electrons. The minimum atomic E-state index is 0. The van der Waals surface area contributed by atoms with Crippen LogP contribution in [0, 0.1) is 13.8 Å². The van der Waals surface area contributed by atoms with Gasteiger partial charge in [-0.2, -0.15) is 0 Å². The second kappa shape index (κ2) is 11.0. The van der Waals surface area contributed by atoms with E-state index < -0.39 is 0 Å². The van der Waals surface area contributed by atoms with Crippen molar-refractivity contribution in [3.05, 3.63) is 53.2 Å². The molecule has 0 aliphatic carbocycles. The highest BCUT2D eigenvalue weighted by Crippen LogP contribution is 2.07. The molecule has 1 aromatic carbocycles. The summed E-state index contributed by atoms with van der Waals surface area (Å²) in [5.41, 5.74) is 2.09. The molecule has 0 spiro atoms. The van der Waals surface area contributed by atoms with Crippen LogP contribution in [0.15, 0.2) is 39.7 Å². The zero-order valence-corrected chi connectivity index (χ0v) is 16.7. The van der Waals surface area contributed by atoms with Gasteiger partial charge in [-0.25, -0.2) is 4.98 Å². The highest BCUT2D eigenvalue weighted by atomic mass is 127. The molecule has 132 valence electrons. The van der Waals surface area contributed by atoms with Crippen LogP contribution in [-0.4, -0.2) is 31.1 Å². The molecule has 2 rings (SSSR count). The molecule has 7 heteroatoms. The number of hydrogen-bond acceptors (Lipinski definition) is 4. The van der Waals surface area contributed by atoms with Crippen LogP contribution in [0.1, 0.15) is 22.9 Å². The predicted octanol–water partition coefficient (Wildman–Crippen LogP) is 2.79. The van der Waals surface area contributed by atoms with Crippen molar-refractivity contribution in [3.8, 4) is 0 Å². The number of guanidine groups is 1. The number of benzene rings is 1. The summed E-state index contributed by atoms with van der Waals surface area (Å²) in [6.45, 7) is 6.23. The fourth-order valence-corrected chi connectivity index (χ4v) is 2.00. The van der Waals surface area contributed by atoms with Crippen LogP contribution < -0.4 is 10.6 Å². The molecule has 0 aliphatic rings. The molecule has 0 fully saturated rings. The molecule has 0 atom stereocenters. The fourth-order valence-electron chi connectivity index (χ4n) is 2.00. The molecule has 0 aliphatic heterocycles.